The highest BCUT2D eigenvalue weighted by Gasteiger charge is 2.16. The minimum absolute atomic E-state index is 0.277. The molecular weight excluding hydrogens is 232 g/mol. The van der Waals surface area contributed by atoms with Crippen LogP contribution in [-0.4, -0.2) is 12.0 Å². The van der Waals surface area contributed by atoms with Crippen molar-refractivity contribution < 1.29 is 4.42 Å². The molecule has 2 aromatic rings. The van der Waals surface area contributed by atoms with Crippen molar-refractivity contribution in [3.05, 3.63) is 39.2 Å². The summed E-state index contributed by atoms with van der Waals surface area (Å²) in [5.41, 5.74) is 2.36. The Morgan fingerprint density at radius 2 is 2.18 bits per heavy atom. The summed E-state index contributed by atoms with van der Waals surface area (Å²) in [4.78, 5) is 5.89. The topological polar surface area (TPSA) is 38.1 Å². The van der Waals surface area contributed by atoms with Gasteiger partial charge in [0.25, 0.3) is 0 Å². The van der Waals surface area contributed by atoms with E-state index < -0.39 is 0 Å². The first-order chi connectivity index (χ1) is 8.11. The number of nitrogens with one attached hydrogen (secondary N) is 1. The second kappa shape index (κ2) is 5.02. The first kappa shape index (κ1) is 12.3. The van der Waals surface area contributed by atoms with Crippen molar-refractivity contribution in [1.82, 2.24) is 10.3 Å². The summed E-state index contributed by atoms with van der Waals surface area (Å²) in [6, 6.07) is 2.31. The maximum Gasteiger partial charge on any atom is 0.105 e. The largest absolute Gasteiger partial charge is 0.469 e. The van der Waals surface area contributed by atoms with Crippen LogP contribution in [0.2, 0.25) is 0 Å². The lowest BCUT2D eigenvalue weighted by Crippen LogP contribution is -2.19. The highest BCUT2D eigenvalue weighted by molar-refractivity contribution is 7.11. The molecule has 0 aliphatic heterocycles. The van der Waals surface area contributed by atoms with Crippen molar-refractivity contribution in [3.63, 3.8) is 0 Å². The first-order valence-corrected chi connectivity index (χ1v) is 6.57. The summed E-state index contributed by atoms with van der Waals surface area (Å²) in [5, 5.41) is 4.51. The van der Waals surface area contributed by atoms with Gasteiger partial charge in [0.05, 0.1) is 17.0 Å². The van der Waals surface area contributed by atoms with E-state index in [9.17, 15) is 0 Å². The van der Waals surface area contributed by atoms with Crippen LogP contribution in [0.15, 0.2) is 16.7 Å². The Balaban J connectivity index is 2.18. The maximum absolute atomic E-state index is 5.36. The lowest BCUT2D eigenvalue weighted by molar-refractivity contribution is 0.511. The third kappa shape index (κ3) is 2.58. The summed E-state index contributed by atoms with van der Waals surface area (Å²) in [5.74, 6) is 0.981. The molecule has 0 spiro atoms. The number of hydrogen-bond donors (Lipinski definition) is 1. The van der Waals surface area contributed by atoms with Crippen LogP contribution in [0.1, 0.15) is 32.9 Å². The van der Waals surface area contributed by atoms with Gasteiger partial charge in [0.15, 0.2) is 0 Å². The fraction of sp³-hybridized carbons (Fsp3) is 0.462. The molecule has 17 heavy (non-hydrogen) atoms. The fourth-order valence-corrected chi connectivity index (χ4v) is 2.90. The number of aryl methyl sites for hydroxylation is 3. The molecule has 0 radical (unpaired) electrons. The molecule has 1 N–H and O–H groups in total. The van der Waals surface area contributed by atoms with Gasteiger partial charge in [-0.05, 0) is 33.9 Å². The minimum atomic E-state index is 0.277. The van der Waals surface area contributed by atoms with Gasteiger partial charge in [0, 0.05) is 22.9 Å². The average Bonchev–Trinajstić information content (AvgIpc) is 2.83. The van der Waals surface area contributed by atoms with Crippen LogP contribution in [0.4, 0.5) is 0 Å². The van der Waals surface area contributed by atoms with E-state index in [1.807, 2.05) is 20.0 Å². The number of likely N-dealkylation sites (N-methyl/N-ethyl adjacent to an activating group) is 1. The molecule has 1 unspecified atom stereocenters. The van der Waals surface area contributed by atoms with Gasteiger partial charge in [0.1, 0.15) is 5.76 Å². The van der Waals surface area contributed by atoms with Crippen molar-refractivity contribution in [1.29, 1.82) is 0 Å². The molecule has 0 saturated heterocycles. The lowest BCUT2D eigenvalue weighted by atomic mass is 10.1. The molecule has 2 rings (SSSR count). The predicted molar refractivity (Wildman–Crippen MR) is 70.5 cm³/mol. The average molecular weight is 250 g/mol. The zero-order valence-electron chi connectivity index (χ0n) is 10.7. The van der Waals surface area contributed by atoms with Crippen LogP contribution in [0, 0.1) is 20.8 Å². The first-order valence-electron chi connectivity index (χ1n) is 5.76. The number of thiazole rings is 1. The third-order valence-corrected chi connectivity index (χ3v) is 4.17. The third-order valence-electron chi connectivity index (χ3n) is 3.07. The summed E-state index contributed by atoms with van der Waals surface area (Å²) >= 11 is 1.78. The maximum atomic E-state index is 5.36. The van der Waals surface area contributed by atoms with Crippen LogP contribution in [0.25, 0.3) is 0 Å². The molecule has 2 heterocycles. The number of rotatable bonds is 4. The highest BCUT2D eigenvalue weighted by atomic mass is 32.1. The minimum Gasteiger partial charge on any atom is -0.469 e. The van der Waals surface area contributed by atoms with Crippen LogP contribution in [-0.2, 0) is 6.42 Å². The Bertz CT molecular complexity index is 482. The van der Waals surface area contributed by atoms with Crippen LogP contribution < -0.4 is 5.32 Å². The van der Waals surface area contributed by atoms with E-state index in [2.05, 4.69) is 24.1 Å². The molecule has 92 valence electrons. The lowest BCUT2D eigenvalue weighted by Gasteiger charge is -2.13. The molecular formula is C13H18N2OS. The number of nitrogens with zero attached hydrogens (tertiary/aromatic N) is 1. The second-order valence-corrected chi connectivity index (χ2v) is 5.51. The van der Waals surface area contributed by atoms with Gasteiger partial charge in [-0.15, -0.1) is 11.3 Å². The van der Waals surface area contributed by atoms with Crippen molar-refractivity contribution in [2.45, 2.75) is 33.2 Å². The van der Waals surface area contributed by atoms with Gasteiger partial charge in [-0.3, -0.25) is 0 Å². The summed E-state index contributed by atoms with van der Waals surface area (Å²) in [6.45, 7) is 6.18. The smallest absolute Gasteiger partial charge is 0.105 e. The molecule has 0 saturated carbocycles. The van der Waals surface area contributed by atoms with Crippen molar-refractivity contribution in [3.8, 4) is 0 Å². The van der Waals surface area contributed by atoms with Crippen LogP contribution >= 0.6 is 11.3 Å². The molecule has 0 aromatic carbocycles. The molecule has 0 amide bonds. The highest BCUT2D eigenvalue weighted by Crippen LogP contribution is 2.25. The van der Waals surface area contributed by atoms with Crippen LogP contribution in [0.5, 0.6) is 0 Å². The Kier molecular flexibility index (Phi) is 3.64. The van der Waals surface area contributed by atoms with Gasteiger partial charge in [-0.25, -0.2) is 4.98 Å². The van der Waals surface area contributed by atoms with E-state index in [0.717, 1.165) is 17.9 Å². The van der Waals surface area contributed by atoms with Gasteiger partial charge in [-0.1, -0.05) is 0 Å². The number of aromatic nitrogens is 1. The van der Waals surface area contributed by atoms with E-state index in [-0.39, 0.29) is 6.04 Å². The number of hydrogen-bond acceptors (Lipinski definition) is 4. The second-order valence-electron chi connectivity index (χ2n) is 4.23. The molecule has 2 aromatic heterocycles. The standard InChI is InChI=1S/C13H18N2OS/c1-8-10(3)17-13(15-8)7-12(14-4)11-5-6-16-9(11)2/h5-6,12,14H,7H2,1-4H3. The monoisotopic (exact) mass is 250 g/mol. The predicted octanol–water partition coefficient (Wildman–Crippen LogP) is 3.16. The number of furan rings is 1. The Morgan fingerprint density at radius 3 is 2.65 bits per heavy atom. The van der Waals surface area contributed by atoms with Gasteiger partial charge >= 0.3 is 0 Å². The van der Waals surface area contributed by atoms with Crippen molar-refractivity contribution >= 4 is 11.3 Å². The zero-order chi connectivity index (χ0) is 12.4. The SMILES string of the molecule is CNC(Cc1nc(C)c(C)s1)c1ccoc1C. The summed E-state index contributed by atoms with van der Waals surface area (Å²) in [6.07, 6.45) is 2.66. The van der Waals surface area contributed by atoms with E-state index in [1.165, 1.54) is 15.4 Å². The molecule has 0 aliphatic carbocycles. The quantitative estimate of drug-likeness (QED) is 0.905. The molecule has 1 atom stereocenters. The van der Waals surface area contributed by atoms with E-state index >= 15 is 0 Å². The van der Waals surface area contributed by atoms with E-state index in [0.29, 0.717) is 0 Å². The van der Waals surface area contributed by atoms with Gasteiger partial charge < -0.3 is 9.73 Å². The van der Waals surface area contributed by atoms with Gasteiger partial charge in [0.2, 0.25) is 0 Å². The molecule has 0 aliphatic rings. The molecule has 3 nitrogen and oxygen atoms in total. The Hall–Kier alpha value is -1.13. The molecule has 0 bridgehead atoms. The zero-order valence-corrected chi connectivity index (χ0v) is 11.5. The van der Waals surface area contributed by atoms with Crippen molar-refractivity contribution in [2.75, 3.05) is 7.05 Å². The Labute approximate surface area is 106 Å². The Morgan fingerprint density at radius 1 is 1.41 bits per heavy atom. The van der Waals surface area contributed by atoms with Gasteiger partial charge in [-0.2, -0.15) is 0 Å². The van der Waals surface area contributed by atoms with Crippen molar-refractivity contribution in [2.24, 2.45) is 0 Å². The molecule has 4 heteroatoms. The van der Waals surface area contributed by atoms with Crippen LogP contribution in [0.3, 0.4) is 0 Å². The van der Waals surface area contributed by atoms with E-state index in [1.54, 1.807) is 17.6 Å². The normalized spacial score (nSPS) is 12.9. The summed E-state index contributed by atoms with van der Waals surface area (Å²) < 4.78 is 5.36. The molecule has 0 fully saturated rings. The fourth-order valence-electron chi connectivity index (χ4n) is 1.92. The summed E-state index contributed by atoms with van der Waals surface area (Å²) in [7, 11) is 1.98. The van der Waals surface area contributed by atoms with E-state index in [4.69, 9.17) is 4.42 Å².